The van der Waals surface area contributed by atoms with Crippen molar-refractivity contribution in [3.63, 3.8) is 0 Å². The first kappa shape index (κ1) is 13.6. The lowest BCUT2D eigenvalue weighted by Crippen LogP contribution is -2.44. The number of aromatic nitrogens is 2. The van der Waals surface area contributed by atoms with Crippen molar-refractivity contribution in [2.75, 3.05) is 19.6 Å². The summed E-state index contributed by atoms with van der Waals surface area (Å²) < 4.78 is 2.12. The molecule has 1 saturated heterocycles. The SMILES string of the molecule is CC(=O)N(C[C@@H]1CCCN1CCn1ccnc1)C1CC1. The minimum absolute atomic E-state index is 0.244. The molecule has 1 amide bonds. The molecule has 0 bridgehead atoms. The summed E-state index contributed by atoms with van der Waals surface area (Å²) in [5, 5.41) is 0. The Kier molecular flexibility index (Phi) is 4.05. The Morgan fingerprint density at radius 1 is 1.35 bits per heavy atom. The first-order valence-electron chi connectivity index (χ1n) is 7.71. The summed E-state index contributed by atoms with van der Waals surface area (Å²) in [5.41, 5.74) is 0. The number of amides is 1. The molecule has 1 saturated carbocycles. The average Bonchev–Trinajstić information content (AvgIpc) is 2.96. The van der Waals surface area contributed by atoms with Crippen molar-refractivity contribution >= 4 is 5.91 Å². The first-order valence-corrected chi connectivity index (χ1v) is 7.71. The summed E-state index contributed by atoms with van der Waals surface area (Å²) in [6.07, 6.45) is 10.6. The van der Waals surface area contributed by atoms with Gasteiger partial charge in [-0.25, -0.2) is 4.98 Å². The Morgan fingerprint density at radius 2 is 2.20 bits per heavy atom. The molecule has 1 aromatic rings. The van der Waals surface area contributed by atoms with Gasteiger partial charge in [0.25, 0.3) is 0 Å². The molecule has 2 fully saturated rings. The molecule has 1 aromatic heterocycles. The van der Waals surface area contributed by atoms with Gasteiger partial charge in [-0.05, 0) is 32.2 Å². The van der Waals surface area contributed by atoms with Crippen LogP contribution in [0.1, 0.15) is 32.6 Å². The Balaban J connectivity index is 1.53. The molecule has 0 N–H and O–H groups in total. The summed E-state index contributed by atoms with van der Waals surface area (Å²) in [6.45, 7) is 5.83. The molecular formula is C15H24N4O. The Bertz CT molecular complexity index is 441. The lowest BCUT2D eigenvalue weighted by atomic mass is 10.2. The third kappa shape index (κ3) is 3.20. The second kappa shape index (κ2) is 5.95. The number of carbonyl (C=O) groups excluding carboxylic acids is 1. The van der Waals surface area contributed by atoms with Gasteiger partial charge >= 0.3 is 0 Å². The molecule has 0 spiro atoms. The van der Waals surface area contributed by atoms with Crippen LogP contribution in [0.2, 0.25) is 0 Å². The number of carbonyl (C=O) groups is 1. The maximum absolute atomic E-state index is 11.8. The average molecular weight is 276 g/mol. The number of nitrogens with zero attached hydrogens (tertiary/aromatic N) is 4. The van der Waals surface area contributed by atoms with Gasteiger partial charge < -0.3 is 9.47 Å². The van der Waals surface area contributed by atoms with E-state index < -0.39 is 0 Å². The van der Waals surface area contributed by atoms with Crippen LogP contribution in [0.5, 0.6) is 0 Å². The molecule has 0 radical (unpaired) electrons. The molecule has 3 rings (SSSR count). The van der Waals surface area contributed by atoms with Crippen molar-refractivity contribution in [1.82, 2.24) is 19.4 Å². The van der Waals surface area contributed by atoms with Crippen molar-refractivity contribution in [2.45, 2.75) is 51.2 Å². The number of hydrogen-bond donors (Lipinski definition) is 0. The lowest BCUT2D eigenvalue weighted by molar-refractivity contribution is -0.130. The molecule has 0 unspecified atom stereocenters. The quantitative estimate of drug-likeness (QED) is 0.788. The largest absolute Gasteiger partial charge is 0.338 e. The van der Waals surface area contributed by atoms with Crippen LogP contribution >= 0.6 is 0 Å². The van der Waals surface area contributed by atoms with Crippen molar-refractivity contribution < 1.29 is 4.79 Å². The van der Waals surface area contributed by atoms with Crippen LogP contribution in [0.3, 0.4) is 0 Å². The molecule has 2 heterocycles. The summed E-state index contributed by atoms with van der Waals surface area (Å²) in [6, 6.07) is 1.08. The molecule has 20 heavy (non-hydrogen) atoms. The van der Waals surface area contributed by atoms with Crippen LogP contribution in [0.15, 0.2) is 18.7 Å². The summed E-state index contributed by atoms with van der Waals surface area (Å²) in [4.78, 5) is 20.5. The smallest absolute Gasteiger partial charge is 0.219 e. The summed E-state index contributed by atoms with van der Waals surface area (Å²) >= 11 is 0. The third-order valence-electron chi connectivity index (χ3n) is 4.50. The van der Waals surface area contributed by atoms with Gasteiger partial charge in [-0.1, -0.05) is 0 Å². The van der Waals surface area contributed by atoms with Crippen molar-refractivity contribution in [2.24, 2.45) is 0 Å². The fourth-order valence-electron chi connectivity index (χ4n) is 3.21. The van der Waals surface area contributed by atoms with E-state index in [4.69, 9.17) is 0 Å². The predicted molar refractivity (Wildman–Crippen MR) is 77.2 cm³/mol. The molecule has 110 valence electrons. The fraction of sp³-hybridized carbons (Fsp3) is 0.733. The van der Waals surface area contributed by atoms with E-state index >= 15 is 0 Å². The van der Waals surface area contributed by atoms with Gasteiger partial charge in [0.05, 0.1) is 6.33 Å². The van der Waals surface area contributed by atoms with E-state index in [1.807, 2.05) is 18.7 Å². The van der Waals surface area contributed by atoms with Gasteiger partial charge in [0.2, 0.25) is 5.91 Å². The van der Waals surface area contributed by atoms with E-state index in [1.165, 1.54) is 25.7 Å². The van der Waals surface area contributed by atoms with E-state index in [0.717, 1.165) is 26.2 Å². The summed E-state index contributed by atoms with van der Waals surface area (Å²) in [5.74, 6) is 0.244. The lowest BCUT2D eigenvalue weighted by Gasteiger charge is -2.30. The minimum atomic E-state index is 0.244. The molecule has 5 nitrogen and oxygen atoms in total. The summed E-state index contributed by atoms with van der Waals surface area (Å²) in [7, 11) is 0. The van der Waals surface area contributed by atoms with Crippen LogP contribution in [0, 0.1) is 0 Å². The van der Waals surface area contributed by atoms with Crippen molar-refractivity contribution in [1.29, 1.82) is 0 Å². The second-order valence-electron chi connectivity index (χ2n) is 6.04. The molecule has 1 aliphatic heterocycles. The van der Waals surface area contributed by atoms with Gasteiger partial charge in [0.1, 0.15) is 0 Å². The molecule has 1 aliphatic carbocycles. The highest BCUT2D eigenvalue weighted by molar-refractivity contribution is 5.74. The fourth-order valence-corrected chi connectivity index (χ4v) is 3.21. The molecule has 0 aromatic carbocycles. The Labute approximate surface area is 120 Å². The second-order valence-corrected chi connectivity index (χ2v) is 6.04. The zero-order valence-corrected chi connectivity index (χ0v) is 12.2. The normalized spacial score (nSPS) is 23.1. The minimum Gasteiger partial charge on any atom is -0.338 e. The van der Waals surface area contributed by atoms with Crippen LogP contribution in [0.25, 0.3) is 0 Å². The highest BCUT2D eigenvalue weighted by Crippen LogP contribution is 2.29. The van der Waals surface area contributed by atoms with Crippen LogP contribution < -0.4 is 0 Å². The zero-order valence-electron chi connectivity index (χ0n) is 12.2. The van der Waals surface area contributed by atoms with Crippen molar-refractivity contribution in [3.8, 4) is 0 Å². The Morgan fingerprint density at radius 3 is 2.85 bits per heavy atom. The van der Waals surface area contributed by atoms with E-state index in [9.17, 15) is 4.79 Å². The molecule has 5 heteroatoms. The van der Waals surface area contributed by atoms with Gasteiger partial charge in [0, 0.05) is 51.0 Å². The number of likely N-dealkylation sites (tertiary alicyclic amines) is 1. The van der Waals surface area contributed by atoms with Gasteiger partial charge in [-0.3, -0.25) is 9.69 Å². The number of imidazole rings is 1. The number of rotatable bonds is 6. The molecule has 2 aliphatic rings. The van der Waals surface area contributed by atoms with Crippen LogP contribution in [-0.4, -0.2) is 57.0 Å². The van der Waals surface area contributed by atoms with Crippen LogP contribution in [0.4, 0.5) is 0 Å². The first-order chi connectivity index (χ1) is 9.74. The van der Waals surface area contributed by atoms with Crippen LogP contribution in [-0.2, 0) is 11.3 Å². The number of hydrogen-bond acceptors (Lipinski definition) is 3. The van der Waals surface area contributed by atoms with E-state index in [-0.39, 0.29) is 5.91 Å². The topological polar surface area (TPSA) is 41.4 Å². The highest BCUT2D eigenvalue weighted by Gasteiger charge is 2.34. The van der Waals surface area contributed by atoms with Gasteiger partial charge in [-0.15, -0.1) is 0 Å². The maximum atomic E-state index is 11.8. The highest BCUT2D eigenvalue weighted by atomic mass is 16.2. The van der Waals surface area contributed by atoms with Crippen molar-refractivity contribution in [3.05, 3.63) is 18.7 Å². The predicted octanol–water partition coefficient (Wildman–Crippen LogP) is 1.36. The molecular weight excluding hydrogens is 252 g/mol. The van der Waals surface area contributed by atoms with Gasteiger partial charge in [-0.2, -0.15) is 0 Å². The van der Waals surface area contributed by atoms with E-state index in [1.54, 1.807) is 6.92 Å². The monoisotopic (exact) mass is 276 g/mol. The Hall–Kier alpha value is -1.36. The molecule has 1 atom stereocenters. The van der Waals surface area contributed by atoms with Gasteiger partial charge in [0.15, 0.2) is 0 Å². The standard InChI is InChI=1S/C15H24N4O/c1-13(20)19(14-4-5-14)11-15-3-2-7-18(15)10-9-17-8-6-16-12-17/h6,8,12,14-15H,2-5,7,9-11H2,1H3/t15-/m0/s1. The maximum Gasteiger partial charge on any atom is 0.219 e. The van der Waals surface area contributed by atoms with E-state index in [0.29, 0.717) is 12.1 Å². The van der Waals surface area contributed by atoms with E-state index in [2.05, 4.69) is 19.4 Å². The third-order valence-corrected chi connectivity index (χ3v) is 4.50. The zero-order chi connectivity index (χ0) is 13.9.